The van der Waals surface area contributed by atoms with Gasteiger partial charge in [0.1, 0.15) is 23.9 Å². The average molecular weight is 506 g/mol. The highest BCUT2D eigenvalue weighted by Crippen LogP contribution is 2.29. The van der Waals surface area contributed by atoms with Crippen molar-refractivity contribution in [2.24, 2.45) is 0 Å². The molecule has 0 bridgehead atoms. The molecular formula is C28H35N5O4. The fourth-order valence-corrected chi connectivity index (χ4v) is 5.42. The Morgan fingerprint density at radius 2 is 1.95 bits per heavy atom. The first kappa shape index (κ1) is 25.2. The number of aromatic nitrogens is 3. The van der Waals surface area contributed by atoms with Gasteiger partial charge in [-0.25, -0.2) is 4.68 Å². The van der Waals surface area contributed by atoms with E-state index in [4.69, 9.17) is 9.47 Å². The lowest BCUT2D eigenvalue weighted by Crippen LogP contribution is -2.49. The van der Waals surface area contributed by atoms with Crippen LogP contribution in [0.25, 0.3) is 11.0 Å². The summed E-state index contributed by atoms with van der Waals surface area (Å²) in [6.07, 6.45) is 7.00. The lowest BCUT2D eigenvalue weighted by Gasteiger charge is -2.34. The van der Waals surface area contributed by atoms with Crippen LogP contribution >= 0.6 is 0 Å². The molecule has 2 amide bonds. The van der Waals surface area contributed by atoms with Crippen LogP contribution in [0.2, 0.25) is 0 Å². The maximum atomic E-state index is 14.0. The van der Waals surface area contributed by atoms with Gasteiger partial charge in [-0.1, -0.05) is 48.7 Å². The van der Waals surface area contributed by atoms with Gasteiger partial charge in [0.2, 0.25) is 11.8 Å². The molecule has 2 aromatic carbocycles. The Bertz CT molecular complexity index is 1220. The fraction of sp³-hybridized carbons (Fsp3) is 0.500. The summed E-state index contributed by atoms with van der Waals surface area (Å²) in [6.45, 7) is 0.967. The summed E-state index contributed by atoms with van der Waals surface area (Å²) in [5, 5.41) is 11.7. The van der Waals surface area contributed by atoms with E-state index < -0.39 is 6.04 Å². The van der Waals surface area contributed by atoms with Crippen LogP contribution in [-0.4, -0.2) is 64.1 Å². The number of nitrogens with one attached hydrogen (secondary N) is 1. The monoisotopic (exact) mass is 505 g/mol. The van der Waals surface area contributed by atoms with Crippen molar-refractivity contribution in [3.63, 3.8) is 0 Å². The normalized spacial score (nSPS) is 19.0. The number of rotatable bonds is 9. The standard InChI is InChI=1S/C28H35N5O4/c1-36-22-12-7-9-20(17-22)27(28(35)29-21-10-3-2-4-11-21)32(18-23-13-8-16-37-23)26(34)19-33-25-15-6-5-14-24(25)30-31-33/h5-7,9,12,14-15,17,21,23,27H,2-4,8,10-11,13,16,18-19H2,1H3,(H,29,35)/t23-,27+/m1/s1. The Kier molecular flexibility index (Phi) is 7.99. The molecule has 2 atom stereocenters. The number of hydrogen-bond acceptors (Lipinski definition) is 6. The maximum absolute atomic E-state index is 14.0. The number of carbonyl (C=O) groups is 2. The Balaban J connectivity index is 1.48. The summed E-state index contributed by atoms with van der Waals surface area (Å²) in [5.41, 5.74) is 2.21. The number of benzene rings is 2. The van der Waals surface area contributed by atoms with Crippen LogP contribution in [0.1, 0.15) is 56.6 Å². The van der Waals surface area contributed by atoms with Gasteiger partial charge >= 0.3 is 0 Å². The van der Waals surface area contributed by atoms with Gasteiger partial charge < -0.3 is 19.7 Å². The average Bonchev–Trinajstić information content (AvgIpc) is 3.59. The SMILES string of the molecule is COc1cccc([C@@H](C(=O)NC2CCCCC2)N(C[C@H]2CCCO2)C(=O)Cn2nnc3ccccc32)c1. The van der Waals surface area contributed by atoms with Crippen molar-refractivity contribution in [1.29, 1.82) is 0 Å². The van der Waals surface area contributed by atoms with Gasteiger partial charge in [0.15, 0.2) is 0 Å². The molecule has 9 heteroatoms. The molecule has 1 N–H and O–H groups in total. The Morgan fingerprint density at radius 3 is 2.73 bits per heavy atom. The van der Waals surface area contributed by atoms with Gasteiger partial charge in [-0.15, -0.1) is 5.10 Å². The van der Waals surface area contributed by atoms with E-state index >= 15 is 0 Å². The zero-order chi connectivity index (χ0) is 25.6. The molecule has 2 heterocycles. The minimum Gasteiger partial charge on any atom is -0.497 e. The second-order valence-corrected chi connectivity index (χ2v) is 9.94. The molecule has 5 rings (SSSR count). The van der Waals surface area contributed by atoms with Crippen molar-refractivity contribution in [1.82, 2.24) is 25.2 Å². The van der Waals surface area contributed by atoms with Crippen LogP contribution in [-0.2, 0) is 20.9 Å². The number of fused-ring (bicyclic) bond motifs is 1. The predicted molar refractivity (Wildman–Crippen MR) is 139 cm³/mol. The van der Waals surface area contributed by atoms with Crippen LogP contribution in [0.5, 0.6) is 5.75 Å². The predicted octanol–water partition coefficient (Wildman–Crippen LogP) is 3.64. The van der Waals surface area contributed by atoms with Crippen molar-refractivity contribution in [2.75, 3.05) is 20.3 Å². The van der Waals surface area contributed by atoms with E-state index in [-0.39, 0.29) is 30.5 Å². The molecule has 1 aliphatic heterocycles. The maximum Gasteiger partial charge on any atom is 0.247 e. The molecule has 1 aliphatic carbocycles. The molecule has 9 nitrogen and oxygen atoms in total. The van der Waals surface area contributed by atoms with E-state index in [0.29, 0.717) is 24.5 Å². The Morgan fingerprint density at radius 1 is 1.11 bits per heavy atom. The lowest BCUT2D eigenvalue weighted by atomic mass is 9.94. The van der Waals surface area contributed by atoms with E-state index in [0.717, 1.165) is 49.6 Å². The highest BCUT2D eigenvalue weighted by molar-refractivity contribution is 5.89. The summed E-state index contributed by atoms with van der Waals surface area (Å²) in [7, 11) is 1.60. The van der Waals surface area contributed by atoms with E-state index in [1.54, 1.807) is 16.7 Å². The molecule has 3 aromatic rings. The molecule has 0 unspecified atom stereocenters. The van der Waals surface area contributed by atoms with E-state index in [2.05, 4.69) is 15.6 Å². The molecule has 1 saturated carbocycles. The third-order valence-corrected chi connectivity index (χ3v) is 7.37. The summed E-state index contributed by atoms with van der Waals surface area (Å²) in [4.78, 5) is 29.6. The molecule has 1 aromatic heterocycles. The first-order valence-electron chi connectivity index (χ1n) is 13.3. The highest BCUT2D eigenvalue weighted by Gasteiger charge is 2.35. The minimum absolute atomic E-state index is 0.0234. The number of amides is 2. The van der Waals surface area contributed by atoms with Crippen LogP contribution in [0.3, 0.4) is 0 Å². The van der Waals surface area contributed by atoms with Crippen molar-refractivity contribution in [3.05, 3.63) is 54.1 Å². The third-order valence-electron chi connectivity index (χ3n) is 7.37. The van der Waals surface area contributed by atoms with Gasteiger partial charge in [0, 0.05) is 19.2 Å². The summed E-state index contributed by atoms with van der Waals surface area (Å²) in [5.74, 6) is 0.257. The number of ether oxygens (including phenoxy) is 2. The topological polar surface area (TPSA) is 98.6 Å². The van der Waals surface area contributed by atoms with Gasteiger partial charge in [-0.2, -0.15) is 0 Å². The number of carbonyl (C=O) groups excluding carboxylic acids is 2. The number of para-hydroxylation sites is 1. The van der Waals surface area contributed by atoms with Crippen molar-refractivity contribution >= 4 is 22.8 Å². The summed E-state index contributed by atoms with van der Waals surface area (Å²) in [6, 6.07) is 14.3. The smallest absolute Gasteiger partial charge is 0.247 e. The molecule has 1 saturated heterocycles. The molecule has 2 aliphatic rings. The lowest BCUT2D eigenvalue weighted by molar-refractivity contribution is -0.143. The minimum atomic E-state index is -0.816. The molecule has 0 spiro atoms. The van der Waals surface area contributed by atoms with E-state index in [1.165, 1.54) is 6.42 Å². The summed E-state index contributed by atoms with van der Waals surface area (Å²) < 4.78 is 13.0. The van der Waals surface area contributed by atoms with E-state index in [9.17, 15) is 9.59 Å². The van der Waals surface area contributed by atoms with Crippen molar-refractivity contribution < 1.29 is 19.1 Å². The van der Waals surface area contributed by atoms with Gasteiger partial charge in [-0.05, 0) is 55.5 Å². The van der Waals surface area contributed by atoms with Gasteiger partial charge in [-0.3, -0.25) is 9.59 Å². The molecule has 2 fully saturated rings. The second-order valence-electron chi connectivity index (χ2n) is 9.94. The number of hydrogen-bond donors (Lipinski definition) is 1. The number of nitrogens with zero attached hydrogens (tertiary/aromatic N) is 4. The molecule has 196 valence electrons. The first-order valence-corrected chi connectivity index (χ1v) is 13.3. The quantitative estimate of drug-likeness (QED) is 0.477. The van der Waals surface area contributed by atoms with Gasteiger partial charge in [0.05, 0.1) is 18.7 Å². The third kappa shape index (κ3) is 5.93. The summed E-state index contributed by atoms with van der Waals surface area (Å²) >= 11 is 0. The zero-order valence-corrected chi connectivity index (χ0v) is 21.3. The van der Waals surface area contributed by atoms with Crippen LogP contribution in [0.15, 0.2) is 48.5 Å². The van der Waals surface area contributed by atoms with Crippen LogP contribution in [0.4, 0.5) is 0 Å². The van der Waals surface area contributed by atoms with Crippen molar-refractivity contribution in [2.45, 2.75) is 69.7 Å². The highest BCUT2D eigenvalue weighted by atomic mass is 16.5. The Labute approximate surface area is 217 Å². The van der Waals surface area contributed by atoms with Crippen LogP contribution in [0, 0.1) is 0 Å². The van der Waals surface area contributed by atoms with Gasteiger partial charge in [0.25, 0.3) is 0 Å². The fourth-order valence-electron chi connectivity index (χ4n) is 5.42. The first-order chi connectivity index (χ1) is 18.1. The molecular weight excluding hydrogens is 470 g/mol. The molecule has 0 radical (unpaired) electrons. The van der Waals surface area contributed by atoms with Crippen molar-refractivity contribution in [3.8, 4) is 5.75 Å². The largest absolute Gasteiger partial charge is 0.497 e. The molecule has 37 heavy (non-hydrogen) atoms. The van der Waals surface area contributed by atoms with E-state index in [1.807, 2.05) is 48.5 Å². The van der Waals surface area contributed by atoms with Crippen LogP contribution < -0.4 is 10.1 Å². The number of methoxy groups -OCH3 is 1. The zero-order valence-electron chi connectivity index (χ0n) is 21.3. The second kappa shape index (κ2) is 11.7. The Hall–Kier alpha value is -3.46.